The first kappa shape index (κ1) is 23.7. The summed E-state index contributed by atoms with van der Waals surface area (Å²) in [5.41, 5.74) is 2.48. The molecular weight excluding hydrogens is 388 g/mol. The van der Waals surface area contributed by atoms with Crippen LogP contribution in [0.2, 0.25) is 0 Å². The highest BCUT2D eigenvalue weighted by molar-refractivity contribution is 5.19. The lowest BCUT2D eigenvalue weighted by Gasteiger charge is -2.73. The van der Waals surface area contributed by atoms with Crippen LogP contribution in [0.25, 0.3) is 0 Å². The summed E-state index contributed by atoms with van der Waals surface area (Å²) in [5, 5.41) is 0. The minimum Gasteiger partial charge on any atom is -0.381 e. The molecule has 0 bridgehead atoms. The van der Waals surface area contributed by atoms with Crippen molar-refractivity contribution < 1.29 is 4.74 Å². The van der Waals surface area contributed by atoms with Gasteiger partial charge in [0.1, 0.15) is 0 Å². The van der Waals surface area contributed by atoms with Gasteiger partial charge < -0.3 is 4.74 Å². The van der Waals surface area contributed by atoms with Gasteiger partial charge >= 0.3 is 0 Å². The van der Waals surface area contributed by atoms with E-state index in [1.54, 1.807) is 0 Å². The lowest BCUT2D eigenvalue weighted by molar-refractivity contribution is -0.249. The van der Waals surface area contributed by atoms with E-state index >= 15 is 0 Å². The van der Waals surface area contributed by atoms with Crippen molar-refractivity contribution in [2.45, 2.75) is 126 Å². The topological polar surface area (TPSA) is 9.23 Å². The van der Waals surface area contributed by atoms with Gasteiger partial charge in [-0.1, -0.05) is 55.4 Å². The quantitative estimate of drug-likeness (QED) is 0.415. The summed E-state index contributed by atoms with van der Waals surface area (Å²) in [6.45, 7) is 21.2. The minimum absolute atomic E-state index is 0.306. The first-order chi connectivity index (χ1) is 14.8. The molecule has 0 amide bonds. The smallest absolute Gasteiger partial charge is 0.0625 e. The van der Waals surface area contributed by atoms with Gasteiger partial charge in [0, 0.05) is 7.11 Å². The Morgan fingerprint density at radius 3 is 2.06 bits per heavy atom. The Kier molecular flexibility index (Phi) is 5.36. The molecule has 0 aliphatic heterocycles. The minimum atomic E-state index is 0.306. The van der Waals surface area contributed by atoms with Crippen molar-refractivity contribution in [3.8, 4) is 0 Å². The van der Waals surface area contributed by atoms with E-state index in [1.807, 2.05) is 7.11 Å². The van der Waals surface area contributed by atoms with E-state index in [9.17, 15) is 0 Å². The summed E-state index contributed by atoms with van der Waals surface area (Å²) >= 11 is 0. The number of hydrogen-bond acceptors (Lipinski definition) is 1. The van der Waals surface area contributed by atoms with Crippen molar-refractivity contribution in [1.29, 1.82) is 0 Å². The van der Waals surface area contributed by atoms with Gasteiger partial charge in [-0.3, -0.25) is 0 Å². The van der Waals surface area contributed by atoms with E-state index in [0.29, 0.717) is 33.2 Å². The average Bonchev–Trinajstić information content (AvgIpc) is 3.06. The maximum Gasteiger partial charge on any atom is 0.0625 e. The molecule has 5 aliphatic carbocycles. The lowest BCUT2D eigenvalue weighted by atomic mass is 9.32. The maximum atomic E-state index is 6.06. The second-order valence-corrected chi connectivity index (χ2v) is 15.4. The Morgan fingerprint density at radius 1 is 0.688 bits per heavy atom. The molecule has 10 atom stereocenters. The van der Waals surface area contributed by atoms with Crippen LogP contribution in [-0.4, -0.2) is 13.2 Å². The molecule has 1 nitrogen and oxygen atoms in total. The molecule has 0 spiro atoms. The third-order valence-corrected chi connectivity index (χ3v) is 14.0. The zero-order valence-corrected chi connectivity index (χ0v) is 23.0. The summed E-state index contributed by atoms with van der Waals surface area (Å²) < 4.78 is 6.06. The van der Waals surface area contributed by atoms with E-state index in [2.05, 4.69) is 55.4 Å². The van der Waals surface area contributed by atoms with Crippen LogP contribution >= 0.6 is 0 Å². The molecular formula is C31H54O. The molecule has 184 valence electrons. The van der Waals surface area contributed by atoms with Gasteiger partial charge in [-0.15, -0.1) is 0 Å². The van der Waals surface area contributed by atoms with Crippen LogP contribution in [0.3, 0.4) is 0 Å². The van der Waals surface area contributed by atoms with E-state index < -0.39 is 0 Å². The fraction of sp³-hybridized carbons (Fsp3) is 1.00. The summed E-state index contributed by atoms with van der Waals surface area (Å²) in [7, 11) is 1.96. The van der Waals surface area contributed by atoms with Crippen LogP contribution in [0.15, 0.2) is 0 Å². The predicted octanol–water partition coefficient (Wildman–Crippen LogP) is 8.76. The van der Waals surface area contributed by atoms with E-state index in [4.69, 9.17) is 4.74 Å². The van der Waals surface area contributed by atoms with Crippen molar-refractivity contribution in [3.63, 3.8) is 0 Å². The lowest BCUT2D eigenvalue weighted by Crippen LogP contribution is -2.66. The summed E-state index contributed by atoms with van der Waals surface area (Å²) in [6, 6.07) is 0. The van der Waals surface area contributed by atoms with Gasteiger partial charge in [-0.2, -0.15) is 0 Å². The third-order valence-electron chi connectivity index (χ3n) is 14.0. The largest absolute Gasteiger partial charge is 0.381 e. The molecule has 0 heterocycles. The van der Waals surface area contributed by atoms with Crippen molar-refractivity contribution in [2.24, 2.45) is 62.6 Å². The van der Waals surface area contributed by atoms with Crippen LogP contribution in [0.1, 0.15) is 120 Å². The van der Waals surface area contributed by atoms with Gasteiger partial charge in [0.05, 0.1) is 6.10 Å². The molecule has 0 saturated heterocycles. The molecule has 5 saturated carbocycles. The van der Waals surface area contributed by atoms with Gasteiger partial charge in [0.25, 0.3) is 0 Å². The number of fused-ring (bicyclic) bond motifs is 7. The number of rotatable bonds is 2. The second kappa shape index (κ2) is 7.24. The average molecular weight is 443 g/mol. The van der Waals surface area contributed by atoms with Gasteiger partial charge in [-0.25, -0.2) is 0 Å². The molecule has 0 aromatic rings. The van der Waals surface area contributed by atoms with Gasteiger partial charge in [0.15, 0.2) is 0 Å². The Labute approximate surface area is 200 Å². The highest BCUT2D eigenvalue weighted by atomic mass is 16.5. The molecule has 0 aromatic heterocycles. The zero-order valence-electron chi connectivity index (χ0n) is 23.0. The molecule has 32 heavy (non-hydrogen) atoms. The zero-order chi connectivity index (χ0) is 23.3. The van der Waals surface area contributed by atoms with Crippen LogP contribution < -0.4 is 0 Å². The third kappa shape index (κ3) is 2.79. The highest BCUT2D eigenvalue weighted by Gasteiger charge is 2.70. The Balaban J connectivity index is 1.52. The van der Waals surface area contributed by atoms with E-state index in [-0.39, 0.29) is 0 Å². The molecule has 0 N–H and O–H groups in total. The SMILES string of the molecule is COC1CC[C@@]2(C)C(CC[C@]3(C)C2CCC2C4[C@H](C(C)C)CC[C@]4(C)CC[C@]23C)C1(C)C. The van der Waals surface area contributed by atoms with Gasteiger partial charge in [-0.05, 0) is 127 Å². The van der Waals surface area contributed by atoms with Crippen molar-refractivity contribution in [1.82, 2.24) is 0 Å². The number of hydrogen-bond donors (Lipinski definition) is 0. The predicted molar refractivity (Wildman–Crippen MR) is 135 cm³/mol. The first-order valence-corrected chi connectivity index (χ1v) is 14.4. The molecule has 5 fully saturated rings. The van der Waals surface area contributed by atoms with Gasteiger partial charge in [0.2, 0.25) is 0 Å². The van der Waals surface area contributed by atoms with Crippen LogP contribution in [0.4, 0.5) is 0 Å². The molecule has 5 unspecified atom stereocenters. The monoisotopic (exact) mass is 442 g/mol. The number of ether oxygens (including phenoxy) is 1. The molecule has 5 rings (SSSR count). The van der Waals surface area contributed by atoms with Crippen LogP contribution in [0.5, 0.6) is 0 Å². The number of methoxy groups -OCH3 is 1. The second-order valence-electron chi connectivity index (χ2n) is 15.4. The van der Waals surface area contributed by atoms with E-state index in [0.717, 1.165) is 35.5 Å². The molecule has 0 radical (unpaired) electrons. The van der Waals surface area contributed by atoms with E-state index in [1.165, 1.54) is 64.2 Å². The molecule has 0 aromatic carbocycles. The Hall–Kier alpha value is -0.0400. The van der Waals surface area contributed by atoms with Crippen molar-refractivity contribution in [2.75, 3.05) is 7.11 Å². The first-order valence-electron chi connectivity index (χ1n) is 14.4. The fourth-order valence-electron chi connectivity index (χ4n) is 12.1. The standard InChI is InChI=1S/C31H54O/c1-20(2)21-12-15-28(5)18-19-30(7)22(26(21)28)10-11-24-29(6)16-14-25(32-9)27(3,4)23(29)13-17-31(24,30)8/h20-26H,10-19H2,1-9H3/t21-,22?,23?,24?,25?,26?,28+,29-,30+,31+/m0/s1. The highest BCUT2D eigenvalue weighted by Crippen LogP contribution is 2.77. The summed E-state index contributed by atoms with van der Waals surface area (Å²) in [4.78, 5) is 0. The van der Waals surface area contributed by atoms with Crippen LogP contribution in [0, 0.1) is 62.6 Å². The Morgan fingerprint density at radius 2 is 1.41 bits per heavy atom. The molecule has 5 aliphatic rings. The summed E-state index contributed by atoms with van der Waals surface area (Å²) in [6.07, 6.45) is 15.0. The van der Waals surface area contributed by atoms with Crippen LogP contribution in [-0.2, 0) is 4.74 Å². The summed E-state index contributed by atoms with van der Waals surface area (Å²) in [5.74, 6) is 5.47. The Bertz CT molecular complexity index is 739. The normalized spacial score (nSPS) is 56.8. The van der Waals surface area contributed by atoms with Crippen molar-refractivity contribution in [3.05, 3.63) is 0 Å². The maximum absolute atomic E-state index is 6.06. The van der Waals surface area contributed by atoms with Crippen molar-refractivity contribution >= 4 is 0 Å². The fourth-order valence-corrected chi connectivity index (χ4v) is 12.1. The molecule has 1 heteroatoms.